The number of rotatable bonds is 5. The van der Waals surface area contributed by atoms with E-state index in [4.69, 9.17) is 14.7 Å². The van der Waals surface area contributed by atoms with Crippen molar-refractivity contribution in [3.8, 4) is 51.0 Å². The molecule has 1 aliphatic carbocycles. The summed E-state index contributed by atoms with van der Waals surface area (Å²) in [6.07, 6.45) is 1.64. The molecule has 2 aromatic heterocycles. The predicted molar refractivity (Wildman–Crippen MR) is 251 cm³/mol. The molecule has 3 atom stereocenters. The lowest BCUT2D eigenvalue weighted by Crippen LogP contribution is -2.33. The highest BCUT2D eigenvalue weighted by molar-refractivity contribution is 6.13. The number of ether oxygens (including phenoxy) is 1. The summed E-state index contributed by atoms with van der Waals surface area (Å²) in [4.78, 5) is 10.5. The lowest BCUT2D eigenvalue weighted by molar-refractivity contribution is 0.477. The summed E-state index contributed by atoms with van der Waals surface area (Å²) in [5, 5.41) is 2.56. The Morgan fingerprint density at radius 2 is 1.24 bits per heavy atom. The highest BCUT2D eigenvalue weighted by Crippen LogP contribution is 2.64. The van der Waals surface area contributed by atoms with Gasteiger partial charge in [-0.3, -0.25) is 0 Å². The number of nitrogens with zero attached hydrogens (tertiary/aromatic N) is 3. The van der Waals surface area contributed by atoms with Crippen molar-refractivity contribution in [1.29, 1.82) is 0 Å². The van der Waals surface area contributed by atoms with Crippen LogP contribution in [0.25, 0.3) is 61.3 Å². The van der Waals surface area contributed by atoms with Gasteiger partial charge in [-0.1, -0.05) is 171 Å². The second-order valence-electron chi connectivity index (χ2n) is 17.0. The maximum atomic E-state index is 7.19. The molecule has 0 N–H and O–H groups in total. The molecule has 13 rings (SSSR count). The van der Waals surface area contributed by atoms with E-state index in [1.165, 1.54) is 72.0 Å². The molecule has 4 heterocycles. The van der Waals surface area contributed by atoms with E-state index in [-0.39, 0.29) is 11.8 Å². The van der Waals surface area contributed by atoms with Crippen LogP contribution in [-0.4, -0.2) is 14.5 Å². The van der Waals surface area contributed by atoms with E-state index in [0.717, 1.165) is 52.7 Å². The lowest BCUT2D eigenvalue weighted by atomic mass is 9.65. The third-order valence-corrected chi connectivity index (χ3v) is 14.0. The van der Waals surface area contributed by atoms with Crippen LogP contribution < -0.4 is 4.74 Å². The van der Waals surface area contributed by atoms with Gasteiger partial charge >= 0.3 is 0 Å². The molecule has 294 valence electrons. The molecule has 0 fully saturated rings. The van der Waals surface area contributed by atoms with Crippen LogP contribution in [0.4, 0.5) is 0 Å². The van der Waals surface area contributed by atoms with E-state index in [1.807, 2.05) is 6.07 Å². The van der Waals surface area contributed by atoms with E-state index in [0.29, 0.717) is 0 Å². The van der Waals surface area contributed by atoms with Crippen LogP contribution in [0.3, 0.4) is 0 Å². The molecule has 0 amide bonds. The van der Waals surface area contributed by atoms with Crippen molar-refractivity contribution in [1.82, 2.24) is 14.5 Å². The fourth-order valence-corrected chi connectivity index (χ4v) is 11.6. The smallest absolute Gasteiger partial charge is 0.160 e. The third kappa shape index (κ3) is 4.83. The molecule has 0 saturated heterocycles. The monoisotopic (exact) mass is 795 g/mol. The fourth-order valence-electron chi connectivity index (χ4n) is 11.6. The first-order chi connectivity index (χ1) is 30.7. The van der Waals surface area contributed by atoms with Gasteiger partial charge in [0, 0.05) is 39.1 Å². The first-order valence-electron chi connectivity index (χ1n) is 21.9. The zero-order valence-electron chi connectivity index (χ0n) is 34.3. The maximum Gasteiger partial charge on any atom is 0.160 e. The Morgan fingerprint density at radius 3 is 2.10 bits per heavy atom. The van der Waals surface area contributed by atoms with Gasteiger partial charge in [0.05, 0.1) is 27.8 Å². The highest BCUT2D eigenvalue weighted by Gasteiger charge is 2.52. The molecule has 4 heteroatoms. The van der Waals surface area contributed by atoms with Gasteiger partial charge in [-0.25, -0.2) is 9.97 Å². The molecular weight excluding hydrogens is 755 g/mol. The van der Waals surface area contributed by atoms with E-state index < -0.39 is 5.41 Å². The number of hydrogen-bond acceptors (Lipinski definition) is 3. The molecule has 1 spiro atoms. The molecule has 0 radical (unpaired) electrons. The van der Waals surface area contributed by atoms with Crippen LogP contribution in [0.5, 0.6) is 11.5 Å². The zero-order valence-corrected chi connectivity index (χ0v) is 34.3. The Bertz CT molecular complexity index is 3370. The Hall–Kier alpha value is -7.56. The van der Waals surface area contributed by atoms with Crippen molar-refractivity contribution < 1.29 is 4.74 Å². The fraction of sp³-hybridized carbons (Fsp3) is 0.103. The van der Waals surface area contributed by atoms with Crippen LogP contribution in [0.2, 0.25) is 0 Å². The Kier molecular flexibility index (Phi) is 7.65. The average molecular weight is 796 g/mol. The number of aromatic nitrogens is 3. The zero-order chi connectivity index (χ0) is 40.9. The topological polar surface area (TPSA) is 39.9 Å². The lowest BCUT2D eigenvalue weighted by Gasteiger charge is -2.39. The SMILES string of the molecule is CCC1c2c(ccc3c2-c2ccccc2C32c3ccccc3-n3c4ccccc4c4cccc2c43)Oc2ccccc2[C@H]1Cc1cc(-c2ccccc2)nc(-c2ccccc2)n1. The summed E-state index contributed by atoms with van der Waals surface area (Å²) >= 11 is 0. The van der Waals surface area contributed by atoms with Crippen LogP contribution >= 0.6 is 0 Å². The van der Waals surface area contributed by atoms with Gasteiger partial charge in [0.25, 0.3) is 0 Å². The summed E-state index contributed by atoms with van der Waals surface area (Å²) < 4.78 is 9.71. The molecule has 8 aromatic carbocycles. The molecule has 62 heavy (non-hydrogen) atoms. The van der Waals surface area contributed by atoms with Crippen molar-refractivity contribution >= 4 is 21.8 Å². The van der Waals surface area contributed by atoms with E-state index in [9.17, 15) is 0 Å². The van der Waals surface area contributed by atoms with Crippen molar-refractivity contribution in [3.05, 3.63) is 233 Å². The first kappa shape index (κ1) is 35.2. The Labute approximate surface area is 360 Å². The molecule has 10 aromatic rings. The van der Waals surface area contributed by atoms with E-state index in [2.05, 4.69) is 200 Å². The van der Waals surface area contributed by atoms with Crippen LogP contribution in [0.1, 0.15) is 64.3 Å². The number of para-hydroxylation sites is 4. The summed E-state index contributed by atoms with van der Waals surface area (Å²) in [7, 11) is 0. The van der Waals surface area contributed by atoms with Crippen molar-refractivity contribution in [2.24, 2.45) is 0 Å². The molecule has 4 nitrogen and oxygen atoms in total. The molecule has 0 saturated carbocycles. The summed E-state index contributed by atoms with van der Waals surface area (Å²) in [5.41, 5.74) is 17.6. The van der Waals surface area contributed by atoms with Crippen LogP contribution in [0.15, 0.2) is 194 Å². The standard InChI is InChI=1S/C58H41N3O/c1-2-39-44(34-38-35-49(36-18-5-3-6-19-36)60-57(59-38)37-20-7-4-8-21-37)41-23-11-16-31-52(41)62-53-33-32-47-54(55(39)53)43-24-9-12-26-45(43)58(47)46-27-13-15-30-51(46)61-50-29-14-10-22-40(50)42-25-17-28-48(58)56(42)61/h3-33,35,39,44H,2,34H2,1H3/t39?,44-,58?/m0/s1. The quantitative estimate of drug-likeness (QED) is 0.174. The highest BCUT2D eigenvalue weighted by atomic mass is 16.5. The molecule has 2 unspecified atom stereocenters. The maximum absolute atomic E-state index is 7.19. The van der Waals surface area contributed by atoms with Gasteiger partial charge in [0.2, 0.25) is 0 Å². The molecule has 0 bridgehead atoms. The summed E-state index contributed by atoms with van der Waals surface area (Å²) in [6, 6.07) is 70.6. The van der Waals surface area contributed by atoms with Crippen LogP contribution in [0, 0.1) is 0 Å². The van der Waals surface area contributed by atoms with E-state index >= 15 is 0 Å². The van der Waals surface area contributed by atoms with Crippen molar-refractivity contribution in [2.75, 3.05) is 0 Å². The average Bonchev–Trinajstić information content (AvgIpc) is 3.78. The van der Waals surface area contributed by atoms with Crippen LogP contribution in [-0.2, 0) is 11.8 Å². The molecular formula is C58H41N3O. The Balaban J connectivity index is 1.07. The predicted octanol–water partition coefficient (Wildman–Crippen LogP) is 14.2. The van der Waals surface area contributed by atoms with Gasteiger partial charge in [0.15, 0.2) is 5.82 Å². The molecule has 3 aliphatic rings. The van der Waals surface area contributed by atoms with Gasteiger partial charge in [-0.2, -0.15) is 0 Å². The van der Waals surface area contributed by atoms with Gasteiger partial charge in [-0.05, 0) is 88.0 Å². The van der Waals surface area contributed by atoms with Gasteiger partial charge < -0.3 is 9.30 Å². The van der Waals surface area contributed by atoms with Gasteiger partial charge in [-0.15, -0.1) is 0 Å². The third-order valence-electron chi connectivity index (χ3n) is 14.0. The number of benzene rings is 8. The second-order valence-corrected chi connectivity index (χ2v) is 17.0. The van der Waals surface area contributed by atoms with E-state index in [1.54, 1.807) is 0 Å². The minimum atomic E-state index is -0.545. The van der Waals surface area contributed by atoms with Gasteiger partial charge in [0.1, 0.15) is 11.5 Å². The number of hydrogen-bond donors (Lipinski definition) is 0. The van der Waals surface area contributed by atoms with Crippen molar-refractivity contribution in [2.45, 2.75) is 37.0 Å². The second kappa shape index (κ2) is 13.5. The first-order valence-corrected chi connectivity index (χ1v) is 21.9. The number of fused-ring (bicyclic) bond motifs is 15. The summed E-state index contributed by atoms with van der Waals surface area (Å²) in [6.45, 7) is 2.35. The minimum absolute atomic E-state index is 0.0689. The Morgan fingerprint density at radius 1 is 0.548 bits per heavy atom. The van der Waals surface area contributed by atoms with Crippen molar-refractivity contribution in [3.63, 3.8) is 0 Å². The minimum Gasteiger partial charge on any atom is -0.457 e. The normalized spacial score (nSPS) is 17.8. The summed E-state index contributed by atoms with van der Waals surface area (Å²) in [5.74, 6) is 2.77. The molecule has 2 aliphatic heterocycles. The largest absolute Gasteiger partial charge is 0.457 e.